The lowest BCUT2D eigenvalue weighted by Gasteiger charge is -2.40. The highest BCUT2D eigenvalue weighted by atomic mass is 35.5. The Balaban J connectivity index is 1.62. The van der Waals surface area contributed by atoms with Crippen LogP contribution in [-0.4, -0.2) is 36.0 Å². The molecule has 21 heavy (non-hydrogen) atoms. The third kappa shape index (κ3) is 3.39. The Kier molecular flexibility index (Phi) is 4.20. The van der Waals surface area contributed by atoms with Crippen molar-refractivity contribution in [1.29, 1.82) is 0 Å². The summed E-state index contributed by atoms with van der Waals surface area (Å²) in [6.45, 7) is 1.81. The van der Waals surface area contributed by atoms with Crippen LogP contribution >= 0.6 is 11.6 Å². The van der Waals surface area contributed by atoms with Crippen molar-refractivity contribution >= 4 is 17.5 Å². The van der Waals surface area contributed by atoms with E-state index >= 15 is 0 Å². The number of benzene rings is 1. The van der Waals surface area contributed by atoms with Gasteiger partial charge < -0.3 is 15.4 Å². The van der Waals surface area contributed by atoms with E-state index in [0.717, 1.165) is 24.8 Å². The van der Waals surface area contributed by atoms with E-state index in [4.69, 9.17) is 22.1 Å². The lowest BCUT2D eigenvalue weighted by atomic mass is 9.75. The fourth-order valence-electron chi connectivity index (χ4n) is 2.98. The monoisotopic (exact) mass is 308 g/mol. The maximum Gasteiger partial charge on any atom is 0.224 e. The molecule has 0 spiro atoms. The number of hydrogen-bond donors (Lipinski definition) is 1. The van der Waals surface area contributed by atoms with Gasteiger partial charge in [-0.05, 0) is 37.0 Å². The molecular formula is C16H21ClN2O2. The number of rotatable bonds is 3. The molecule has 4 nitrogen and oxygen atoms in total. The zero-order valence-electron chi connectivity index (χ0n) is 12.1. The van der Waals surface area contributed by atoms with Gasteiger partial charge in [0.15, 0.2) is 0 Å². The summed E-state index contributed by atoms with van der Waals surface area (Å²) in [6.07, 6.45) is 3.45. The standard InChI is InChI=1S/C16H21ClN2O2/c17-13-4-2-12(3-5-13)14-11-19(8-9-21-14)15(20)10-16(18)6-1-7-16/h2-5,14H,1,6-11,18H2. The minimum atomic E-state index is -0.259. The summed E-state index contributed by atoms with van der Waals surface area (Å²) < 4.78 is 5.79. The third-order valence-electron chi connectivity index (χ3n) is 4.51. The molecule has 1 atom stereocenters. The van der Waals surface area contributed by atoms with Crippen molar-refractivity contribution in [2.45, 2.75) is 37.3 Å². The van der Waals surface area contributed by atoms with E-state index in [0.29, 0.717) is 31.1 Å². The van der Waals surface area contributed by atoms with E-state index in [1.165, 1.54) is 0 Å². The first-order valence-corrected chi connectivity index (χ1v) is 7.87. The van der Waals surface area contributed by atoms with Crippen LogP contribution in [0.2, 0.25) is 5.02 Å². The normalized spacial score (nSPS) is 24.5. The second-order valence-electron chi connectivity index (χ2n) is 6.14. The van der Waals surface area contributed by atoms with Crippen LogP contribution in [0.3, 0.4) is 0 Å². The van der Waals surface area contributed by atoms with Gasteiger partial charge in [-0.2, -0.15) is 0 Å². The van der Waals surface area contributed by atoms with Gasteiger partial charge in [-0.3, -0.25) is 4.79 Å². The molecule has 0 aromatic heterocycles. The number of carbonyl (C=O) groups is 1. The third-order valence-corrected chi connectivity index (χ3v) is 4.77. The number of hydrogen-bond acceptors (Lipinski definition) is 3. The molecule has 1 saturated heterocycles. The maximum atomic E-state index is 12.4. The Morgan fingerprint density at radius 3 is 2.71 bits per heavy atom. The van der Waals surface area contributed by atoms with Crippen molar-refractivity contribution in [3.05, 3.63) is 34.9 Å². The molecule has 1 saturated carbocycles. The van der Waals surface area contributed by atoms with E-state index in [9.17, 15) is 4.79 Å². The van der Waals surface area contributed by atoms with Crippen molar-refractivity contribution in [3.63, 3.8) is 0 Å². The van der Waals surface area contributed by atoms with Gasteiger partial charge in [0.25, 0.3) is 0 Å². The topological polar surface area (TPSA) is 55.6 Å². The molecule has 1 aromatic rings. The van der Waals surface area contributed by atoms with Crippen LogP contribution in [0.1, 0.15) is 37.4 Å². The van der Waals surface area contributed by atoms with Crippen LogP contribution in [0.25, 0.3) is 0 Å². The molecule has 1 amide bonds. The van der Waals surface area contributed by atoms with E-state index in [-0.39, 0.29) is 17.6 Å². The minimum Gasteiger partial charge on any atom is -0.370 e. The predicted molar refractivity (Wildman–Crippen MR) is 82.1 cm³/mol. The largest absolute Gasteiger partial charge is 0.370 e. The van der Waals surface area contributed by atoms with Gasteiger partial charge >= 0.3 is 0 Å². The number of nitrogens with two attached hydrogens (primary N) is 1. The average Bonchev–Trinajstić information content (AvgIpc) is 2.46. The van der Waals surface area contributed by atoms with Crippen LogP contribution in [0.4, 0.5) is 0 Å². The molecule has 2 N–H and O–H groups in total. The molecule has 0 radical (unpaired) electrons. The first-order chi connectivity index (χ1) is 10.1. The van der Waals surface area contributed by atoms with Crippen molar-refractivity contribution in [2.24, 2.45) is 5.73 Å². The quantitative estimate of drug-likeness (QED) is 0.933. The molecule has 0 bridgehead atoms. The van der Waals surface area contributed by atoms with E-state index in [1.807, 2.05) is 29.2 Å². The Labute approximate surface area is 130 Å². The van der Waals surface area contributed by atoms with Gasteiger partial charge in [0, 0.05) is 23.5 Å². The zero-order valence-corrected chi connectivity index (χ0v) is 12.8. The summed E-state index contributed by atoms with van der Waals surface area (Å²) in [6, 6.07) is 7.61. The van der Waals surface area contributed by atoms with Crippen LogP contribution in [0, 0.1) is 0 Å². The summed E-state index contributed by atoms with van der Waals surface area (Å²) in [5.74, 6) is 0.152. The fourth-order valence-corrected chi connectivity index (χ4v) is 3.10. The molecule has 2 fully saturated rings. The van der Waals surface area contributed by atoms with Gasteiger partial charge in [0.1, 0.15) is 6.10 Å². The van der Waals surface area contributed by atoms with Gasteiger partial charge in [-0.1, -0.05) is 23.7 Å². The van der Waals surface area contributed by atoms with Crippen molar-refractivity contribution in [3.8, 4) is 0 Å². The predicted octanol–water partition coefficient (Wildman–Crippen LogP) is 2.51. The molecule has 2 aliphatic rings. The molecule has 114 valence electrons. The van der Waals surface area contributed by atoms with Crippen LogP contribution < -0.4 is 5.73 Å². The van der Waals surface area contributed by atoms with Gasteiger partial charge in [0.2, 0.25) is 5.91 Å². The minimum absolute atomic E-state index is 0.0740. The first-order valence-electron chi connectivity index (χ1n) is 7.49. The van der Waals surface area contributed by atoms with Gasteiger partial charge in [-0.15, -0.1) is 0 Å². The average molecular weight is 309 g/mol. The summed E-state index contributed by atoms with van der Waals surface area (Å²) in [5.41, 5.74) is 6.98. The van der Waals surface area contributed by atoms with E-state index in [1.54, 1.807) is 0 Å². The highest BCUT2D eigenvalue weighted by Crippen LogP contribution is 2.33. The van der Waals surface area contributed by atoms with Crippen LogP contribution in [-0.2, 0) is 9.53 Å². The Hall–Kier alpha value is -1.10. The molecule has 1 aliphatic carbocycles. The highest BCUT2D eigenvalue weighted by Gasteiger charge is 2.37. The fraction of sp³-hybridized carbons (Fsp3) is 0.562. The maximum absolute atomic E-state index is 12.4. The lowest BCUT2D eigenvalue weighted by molar-refractivity contribution is -0.141. The molecule has 5 heteroatoms. The van der Waals surface area contributed by atoms with Crippen molar-refractivity contribution in [1.82, 2.24) is 4.90 Å². The number of ether oxygens (including phenoxy) is 1. The van der Waals surface area contributed by atoms with E-state index < -0.39 is 0 Å². The van der Waals surface area contributed by atoms with Gasteiger partial charge in [-0.25, -0.2) is 0 Å². The van der Waals surface area contributed by atoms with Crippen molar-refractivity contribution in [2.75, 3.05) is 19.7 Å². The van der Waals surface area contributed by atoms with Crippen LogP contribution in [0.15, 0.2) is 24.3 Å². The smallest absolute Gasteiger partial charge is 0.224 e. The molecule has 1 unspecified atom stereocenters. The molecular weight excluding hydrogens is 288 g/mol. The SMILES string of the molecule is NC1(CC(=O)N2CCOC(c3ccc(Cl)cc3)C2)CCC1. The summed E-state index contributed by atoms with van der Waals surface area (Å²) in [7, 11) is 0. The second-order valence-corrected chi connectivity index (χ2v) is 6.58. The van der Waals surface area contributed by atoms with Crippen LogP contribution in [0.5, 0.6) is 0 Å². The zero-order chi connectivity index (χ0) is 14.9. The number of amides is 1. The molecule has 3 rings (SSSR count). The lowest BCUT2D eigenvalue weighted by Crippen LogP contribution is -2.52. The molecule has 1 aromatic carbocycles. The number of nitrogens with zero attached hydrogens (tertiary/aromatic N) is 1. The Bertz CT molecular complexity index is 514. The van der Waals surface area contributed by atoms with Gasteiger partial charge in [0.05, 0.1) is 13.2 Å². The summed E-state index contributed by atoms with van der Waals surface area (Å²) in [5, 5.41) is 0.706. The number of halogens is 1. The first kappa shape index (κ1) is 14.8. The van der Waals surface area contributed by atoms with E-state index in [2.05, 4.69) is 0 Å². The number of morpholine rings is 1. The summed E-state index contributed by atoms with van der Waals surface area (Å²) >= 11 is 5.91. The highest BCUT2D eigenvalue weighted by molar-refractivity contribution is 6.30. The Morgan fingerprint density at radius 2 is 2.10 bits per heavy atom. The Morgan fingerprint density at radius 1 is 1.38 bits per heavy atom. The number of carbonyl (C=O) groups excluding carboxylic acids is 1. The summed E-state index contributed by atoms with van der Waals surface area (Å²) in [4.78, 5) is 14.3. The molecule has 1 heterocycles. The molecule has 1 aliphatic heterocycles. The van der Waals surface area contributed by atoms with Crippen molar-refractivity contribution < 1.29 is 9.53 Å². The second kappa shape index (κ2) is 5.95.